The summed E-state index contributed by atoms with van der Waals surface area (Å²) in [5.41, 5.74) is 1.84. The summed E-state index contributed by atoms with van der Waals surface area (Å²) in [7, 11) is 0. The first kappa shape index (κ1) is 4.49. The van der Waals surface area contributed by atoms with E-state index in [4.69, 9.17) is 0 Å². The van der Waals surface area contributed by atoms with E-state index in [1.807, 2.05) is 6.07 Å². The molecule has 0 fully saturated rings. The second kappa shape index (κ2) is 1.55. The highest BCUT2D eigenvalue weighted by Crippen LogP contribution is 2.03. The summed E-state index contributed by atoms with van der Waals surface area (Å²) < 4.78 is 0. The lowest BCUT2D eigenvalue weighted by atomic mass is 10.4. The topological polar surface area (TPSA) is 41.6 Å². The van der Waals surface area contributed by atoms with Gasteiger partial charge in [0, 0.05) is 0 Å². The number of fused-ring (bicyclic) bond motifs is 1. The molecule has 2 aromatic rings. The second-order valence-electron chi connectivity index (χ2n) is 1.74. The Morgan fingerprint density at radius 3 is 3.44 bits per heavy atom. The molecule has 0 aliphatic heterocycles. The SMILES string of the molecule is [c]1cc2nnccc2[nH]1. The molecule has 0 aliphatic carbocycles. The van der Waals surface area contributed by atoms with Gasteiger partial charge < -0.3 is 4.98 Å². The average molecular weight is 118 g/mol. The number of hydrogen-bond acceptors (Lipinski definition) is 2. The minimum atomic E-state index is 0.859. The fourth-order valence-electron chi connectivity index (χ4n) is 0.737. The summed E-state index contributed by atoms with van der Waals surface area (Å²) in [4.78, 5) is 2.89. The quantitative estimate of drug-likeness (QED) is 0.554. The van der Waals surface area contributed by atoms with Crippen molar-refractivity contribution in [3.63, 3.8) is 0 Å². The number of nitrogens with one attached hydrogen (secondary N) is 1. The molecule has 1 radical (unpaired) electrons. The average Bonchev–Trinajstić information content (AvgIpc) is 2.33. The minimum Gasteiger partial charge on any atom is -0.352 e. The van der Waals surface area contributed by atoms with Crippen LogP contribution in [0, 0.1) is 6.20 Å². The van der Waals surface area contributed by atoms with Crippen LogP contribution in [0.25, 0.3) is 11.0 Å². The molecule has 1 N–H and O–H groups in total. The molecule has 43 valence electrons. The number of rotatable bonds is 0. The Morgan fingerprint density at radius 1 is 1.56 bits per heavy atom. The predicted molar refractivity (Wildman–Crippen MR) is 32.7 cm³/mol. The van der Waals surface area contributed by atoms with Gasteiger partial charge in [0.05, 0.1) is 17.9 Å². The lowest BCUT2D eigenvalue weighted by molar-refractivity contribution is 1.08. The molecule has 3 nitrogen and oxygen atoms in total. The first-order valence-corrected chi connectivity index (χ1v) is 2.63. The third kappa shape index (κ3) is 0.579. The molecule has 2 heterocycles. The highest BCUT2D eigenvalue weighted by Gasteiger charge is 1.90. The first-order chi connectivity index (χ1) is 4.47. The Kier molecular flexibility index (Phi) is 0.773. The molecule has 0 spiro atoms. The van der Waals surface area contributed by atoms with Gasteiger partial charge in [-0.05, 0) is 12.1 Å². The molecule has 0 atom stereocenters. The van der Waals surface area contributed by atoms with Gasteiger partial charge in [0.25, 0.3) is 0 Å². The zero-order valence-electron chi connectivity index (χ0n) is 4.63. The van der Waals surface area contributed by atoms with Gasteiger partial charge in [-0.1, -0.05) is 0 Å². The summed E-state index contributed by atoms with van der Waals surface area (Å²) in [6, 6.07) is 3.63. The summed E-state index contributed by atoms with van der Waals surface area (Å²) in [5.74, 6) is 0. The predicted octanol–water partition coefficient (Wildman–Crippen LogP) is 0.758. The number of H-pyrrole nitrogens is 1. The Balaban J connectivity index is 2.95. The number of hydrogen-bond donors (Lipinski definition) is 1. The summed E-state index contributed by atoms with van der Waals surface area (Å²) in [6.07, 6.45) is 4.46. The van der Waals surface area contributed by atoms with Crippen molar-refractivity contribution in [1.29, 1.82) is 0 Å². The van der Waals surface area contributed by atoms with Crippen molar-refractivity contribution >= 4 is 11.0 Å². The smallest absolute Gasteiger partial charge is 0.111 e. The number of aromatic amines is 1. The van der Waals surface area contributed by atoms with Gasteiger partial charge in [-0.15, -0.1) is 5.10 Å². The molecule has 0 amide bonds. The van der Waals surface area contributed by atoms with E-state index in [0.717, 1.165) is 11.0 Å². The Labute approximate surface area is 51.7 Å². The largest absolute Gasteiger partial charge is 0.352 e. The third-order valence-electron chi connectivity index (χ3n) is 1.17. The van der Waals surface area contributed by atoms with E-state index in [2.05, 4.69) is 21.4 Å². The van der Waals surface area contributed by atoms with Crippen LogP contribution in [0.1, 0.15) is 0 Å². The van der Waals surface area contributed by atoms with Crippen LogP contribution in [0.4, 0.5) is 0 Å². The van der Waals surface area contributed by atoms with E-state index in [1.54, 1.807) is 12.3 Å². The Bertz CT molecular complexity index is 282. The molecule has 0 aliphatic rings. The lowest BCUT2D eigenvalue weighted by Crippen LogP contribution is -1.76. The highest BCUT2D eigenvalue weighted by molar-refractivity contribution is 5.72. The van der Waals surface area contributed by atoms with Crippen molar-refractivity contribution in [3.8, 4) is 0 Å². The van der Waals surface area contributed by atoms with E-state index < -0.39 is 0 Å². The lowest BCUT2D eigenvalue weighted by Gasteiger charge is -1.81. The maximum absolute atomic E-state index is 3.83. The Morgan fingerprint density at radius 2 is 2.56 bits per heavy atom. The monoisotopic (exact) mass is 118 g/mol. The fourth-order valence-corrected chi connectivity index (χ4v) is 0.737. The standard InChI is InChI=1S/C6H4N3/c1-3-7-5-2-4-8-9-6(1)5/h1-2,4,7H. The van der Waals surface area contributed by atoms with Gasteiger partial charge >= 0.3 is 0 Å². The van der Waals surface area contributed by atoms with Crippen LogP contribution in [0.15, 0.2) is 18.3 Å². The van der Waals surface area contributed by atoms with Gasteiger partial charge in [-0.25, -0.2) is 0 Å². The third-order valence-corrected chi connectivity index (χ3v) is 1.17. The van der Waals surface area contributed by atoms with Crippen LogP contribution < -0.4 is 0 Å². The molecular formula is C6H4N3. The summed E-state index contributed by atoms with van der Waals surface area (Å²) >= 11 is 0. The van der Waals surface area contributed by atoms with Crippen LogP contribution in [0.5, 0.6) is 0 Å². The zero-order valence-corrected chi connectivity index (χ0v) is 4.63. The molecule has 0 unspecified atom stereocenters. The van der Waals surface area contributed by atoms with Gasteiger partial charge in [-0.2, -0.15) is 5.10 Å². The molecule has 0 saturated heterocycles. The molecule has 0 aromatic carbocycles. The van der Waals surface area contributed by atoms with Gasteiger partial charge in [0.1, 0.15) is 5.52 Å². The van der Waals surface area contributed by atoms with E-state index >= 15 is 0 Å². The maximum Gasteiger partial charge on any atom is 0.111 e. The van der Waals surface area contributed by atoms with Crippen molar-refractivity contribution in [3.05, 3.63) is 24.5 Å². The normalized spacial score (nSPS) is 10.2. The highest BCUT2D eigenvalue weighted by atomic mass is 15.1. The fraction of sp³-hybridized carbons (Fsp3) is 0. The molecular weight excluding hydrogens is 114 g/mol. The molecule has 2 rings (SSSR count). The van der Waals surface area contributed by atoms with Crippen LogP contribution in [0.3, 0.4) is 0 Å². The van der Waals surface area contributed by atoms with Gasteiger partial charge in [-0.3, -0.25) is 0 Å². The van der Waals surface area contributed by atoms with E-state index in [1.165, 1.54) is 0 Å². The van der Waals surface area contributed by atoms with Crippen molar-refractivity contribution in [2.45, 2.75) is 0 Å². The van der Waals surface area contributed by atoms with E-state index in [-0.39, 0.29) is 0 Å². The maximum atomic E-state index is 3.83. The van der Waals surface area contributed by atoms with Crippen molar-refractivity contribution in [2.24, 2.45) is 0 Å². The first-order valence-electron chi connectivity index (χ1n) is 2.63. The van der Waals surface area contributed by atoms with Crippen molar-refractivity contribution in [1.82, 2.24) is 15.2 Å². The summed E-state index contributed by atoms with van der Waals surface area (Å²) in [6.45, 7) is 0. The minimum absolute atomic E-state index is 0.859. The van der Waals surface area contributed by atoms with Gasteiger partial charge in [0.15, 0.2) is 0 Å². The zero-order chi connectivity index (χ0) is 6.10. The van der Waals surface area contributed by atoms with E-state index in [9.17, 15) is 0 Å². The molecule has 0 saturated carbocycles. The number of aromatic nitrogens is 3. The van der Waals surface area contributed by atoms with Crippen LogP contribution in [-0.2, 0) is 0 Å². The summed E-state index contributed by atoms with van der Waals surface area (Å²) in [5, 5.41) is 7.52. The molecule has 2 aromatic heterocycles. The molecule has 0 bridgehead atoms. The van der Waals surface area contributed by atoms with Crippen LogP contribution in [-0.4, -0.2) is 15.2 Å². The second-order valence-corrected chi connectivity index (χ2v) is 1.74. The van der Waals surface area contributed by atoms with Crippen LogP contribution >= 0.6 is 0 Å². The van der Waals surface area contributed by atoms with E-state index in [0.29, 0.717) is 0 Å². The molecule has 9 heavy (non-hydrogen) atoms. The molecule has 3 heteroatoms. The van der Waals surface area contributed by atoms with Crippen molar-refractivity contribution < 1.29 is 0 Å². The van der Waals surface area contributed by atoms with Crippen molar-refractivity contribution in [2.75, 3.05) is 0 Å². The van der Waals surface area contributed by atoms with Crippen LogP contribution in [0.2, 0.25) is 0 Å². The number of nitrogens with zero attached hydrogens (tertiary/aromatic N) is 2. The Hall–Kier alpha value is -1.38. The van der Waals surface area contributed by atoms with Gasteiger partial charge in [0.2, 0.25) is 0 Å².